The van der Waals surface area contributed by atoms with E-state index in [4.69, 9.17) is 4.74 Å². The Morgan fingerprint density at radius 1 is 1.11 bits per heavy atom. The lowest BCUT2D eigenvalue weighted by Gasteiger charge is -2.24. The van der Waals surface area contributed by atoms with Crippen molar-refractivity contribution in [1.82, 2.24) is 0 Å². The van der Waals surface area contributed by atoms with Gasteiger partial charge in [-0.2, -0.15) is 0 Å². The van der Waals surface area contributed by atoms with Gasteiger partial charge in [-0.3, -0.25) is 4.79 Å². The van der Waals surface area contributed by atoms with Gasteiger partial charge in [0.15, 0.2) is 0 Å². The first kappa shape index (κ1) is 17.5. The van der Waals surface area contributed by atoms with Gasteiger partial charge >= 0.3 is 0 Å². The number of rotatable bonds is 4. The Morgan fingerprint density at radius 3 is 2.70 bits per heavy atom. The Balaban J connectivity index is 1.48. The highest BCUT2D eigenvalue weighted by Crippen LogP contribution is 2.32. The second-order valence-electron chi connectivity index (χ2n) is 6.57. The number of carbonyl (C=O) groups is 1. The molecule has 5 nitrogen and oxygen atoms in total. The molecule has 0 unspecified atom stereocenters. The van der Waals surface area contributed by atoms with Crippen molar-refractivity contribution < 1.29 is 18.3 Å². The zero-order valence-electron chi connectivity index (χ0n) is 14.5. The number of ether oxygens (including phenoxy) is 1. The van der Waals surface area contributed by atoms with E-state index in [0.29, 0.717) is 41.4 Å². The minimum absolute atomic E-state index is 0.202. The Labute approximate surface area is 155 Å². The average Bonchev–Trinajstić information content (AvgIpc) is 2.97. The quantitative estimate of drug-likeness (QED) is 0.712. The molecular weight excluding hydrogens is 352 g/mol. The number of hydrogen-bond donors (Lipinski definition) is 3. The molecule has 3 N–H and O–H groups in total. The van der Waals surface area contributed by atoms with Crippen molar-refractivity contribution in [1.29, 1.82) is 0 Å². The molecule has 2 aliphatic heterocycles. The fourth-order valence-electron chi connectivity index (χ4n) is 3.25. The van der Waals surface area contributed by atoms with Crippen LogP contribution in [0.25, 0.3) is 5.57 Å². The smallest absolute Gasteiger partial charge is 0.257 e. The zero-order valence-corrected chi connectivity index (χ0v) is 14.5. The predicted molar refractivity (Wildman–Crippen MR) is 100 cm³/mol. The first-order valence-corrected chi connectivity index (χ1v) is 8.82. The molecule has 1 amide bonds. The van der Waals surface area contributed by atoms with Crippen molar-refractivity contribution in [2.75, 3.05) is 29.2 Å². The Morgan fingerprint density at radius 2 is 1.93 bits per heavy atom. The van der Waals surface area contributed by atoms with E-state index >= 15 is 0 Å². The number of hydrogen-bond acceptors (Lipinski definition) is 4. The summed E-state index contributed by atoms with van der Waals surface area (Å²) in [5.41, 5.74) is 2.36. The largest absolute Gasteiger partial charge is 0.381 e. The number of anilines is 3. The molecule has 0 atom stereocenters. The van der Waals surface area contributed by atoms with E-state index in [2.05, 4.69) is 16.0 Å². The third kappa shape index (κ3) is 3.78. The summed E-state index contributed by atoms with van der Waals surface area (Å²) < 4.78 is 33.0. The highest BCUT2D eigenvalue weighted by molar-refractivity contribution is 6.31. The number of halogens is 2. The van der Waals surface area contributed by atoms with Gasteiger partial charge < -0.3 is 20.7 Å². The molecule has 1 fully saturated rings. The van der Waals surface area contributed by atoms with E-state index in [1.165, 1.54) is 30.5 Å². The van der Waals surface area contributed by atoms with Gasteiger partial charge in [-0.25, -0.2) is 8.78 Å². The lowest BCUT2D eigenvalue weighted by molar-refractivity contribution is -0.110. The molecule has 2 aromatic carbocycles. The Hall–Kier alpha value is -2.93. The lowest BCUT2D eigenvalue weighted by Crippen LogP contribution is -2.28. The summed E-state index contributed by atoms with van der Waals surface area (Å²) >= 11 is 0. The highest BCUT2D eigenvalue weighted by Gasteiger charge is 2.24. The predicted octanol–water partition coefficient (Wildman–Crippen LogP) is 3.96. The summed E-state index contributed by atoms with van der Waals surface area (Å²) in [7, 11) is 0. The molecule has 2 aromatic rings. The first-order chi connectivity index (χ1) is 13.1. The van der Waals surface area contributed by atoms with Crippen LogP contribution in [-0.2, 0) is 9.53 Å². The van der Waals surface area contributed by atoms with E-state index in [9.17, 15) is 13.6 Å². The van der Waals surface area contributed by atoms with Gasteiger partial charge in [-0.05, 0) is 49.2 Å². The fraction of sp³-hybridized carbons (Fsp3) is 0.250. The molecule has 7 heteroatoms. The maximum Gasteiger partial charge on any atom is 0.257 e. The third-order valence-electron chi connectivity index (χ3n) is 4.70. The topological polar surface area (TPSA) is 62.4 Å². The summed E-state index contributed by atoms with van der Waals surface area (Å²) in [5, 5.41) is 8.75. The molecule has 0 spiro atoms. The van der Waals surface area contributed by atoms with E-state index < -0.39 is 5.82 Å². The molecule has 1 saturated heterocycles. The van der Waals surface area contributed by atoms with E-state index in [1.54, 1.807) is 12.1 Å². The van der Waals surface area contributed by atoms with Crippen LogP contribution < -0.4 is 16.0 Å². The van der Waals surface area contributed by atoms with Gasteiger partial charge in [0.1, 0.15) is 11.6 Å². The molecule has 140 valence electrons. The molecule has 0 radical (unpaired) electrons. The maximum absolute atomic E-state index is 14.4. The number of amides is 1. The molecule has 4 rings (SSSR count). The SMILES string of the molecule is O=C1Nc2cc(F)ccc2C1=CNc1ccc(NC2CCOCC2)c(F)c1. The van der Waals surface area contributed by atoms with E-state index in [1.807, 2.05) is 0 Å². The van der Waals surface area contributed by atoms with Crippen LogP contribution in [0, 0.1) is 11.6 Å². The minimum atomic E-state index is -0.419. The Kier molecular flexibility index (Phi) is 4.77. The molecule has 0 aliphatic carbocycles. The normalized spacial score (nSPS) is 18.3. The monoisotopic (exact) mass is 371 g/mol. The zero-order chi connectivity index (χ0) is 18.8. The molecule has 2 heterocycles. The van der Waals surface area contributed by atoms with Crippen LogP contribution in [0.1, 0.15) is 18.4 Å². The molecule has 0 bridgehead atoms. The summed E-state index contributed by atoms with van der Waals surface area (Å²) in [5.74, 6) is -1.12. The second-order valence-corrected chi connectivity index (χ2v) is 6.57. The van der Waals surface area contributed by atoms with E-state index in [0.717, 1.165) is 12.8 Å². The number of fused-ring (bicyclic) bond motifs is 1. The van der Waals surface area contributed by atoms with Gasteiger partial charge in [0, 0.05) is 36.7 Å². The van der Waals surface area contributed by atoms with Crippen LogP contribution in [0.15, 0.2) is 42.6 Å². The second kappa shape index (κ2) is 7.36. The van der Waals surface area contributed by atoms with Gasteiger partial charge in [0.2, 0.25) is 0 Å². The van der Waals surface area contributed by atoms with Crippen molar-refractivity contribution in [3.63, 3.8) is 0 Å². The van der Waals surface area contributed by atoms with Gasteiger partial charge in [0.25, 0.3) is 5.91 Å². The van der Waals surface area contributed by atoms with E-state index in [-0.39, 0.29) is 17.8 Å². The van der Waals surface area contributed by atoms with Crippen molar-refractivity contribution in [2.45, 2.75) is 18.9 Å². The molecular formula is C20H19F2N3O2. The standard InChI is InChI=1S/C20H19F2N3O2/c21-12-1-3-15-16(20(26)25-19(15)9-12)11-23-14-2-4-18(17(22)10-14)24-13-5-7-27-8-6-13/h1-4,9-11,13,23-24H,5-8H2,(H,25,26). The molecule has 27 heavy (non-hydrogen) atoms. The van der Waals surface area contributed by atoms with Crippen LogP contribution in [0.3, 0.4) is 0 Å². The van der Waals surface area contributed by atoms with Crippen LogP contribution in [0.2, 0.25) is 0 Å². The van der Waals surface area contributed by atoms with Gasteiger partial charge in [0.05, 0.1) is 16.9 Å². The van der Waals surface area contributed by atoms with Crippen LogP contribution in [0.5, 0.6) is 0 Å². The minimum Gasteiger partial charge on any atom is -0.381 e. The summed E-state index contributed by atoms with van der Waals surface area (Å²) in [6.45, 7) is 1.36. The van der Waals surface area contributed by atoms with Gasteiger partial charge in [-0.15, -0.1) is 0 Å². The van der Waals surface area contributed by atoms with Crippen LogP contribution in [-0.4, -0.2) is 25.2 Å². The summed E-state index contributed by atoms with van der Waals surface area (Å²) in [6.07, 6.45) is 3.20. The maximum atomic E-state index is 14.4. The van der Waals surface area contributed by atoms with Crippen molar-refractivity contribution in [3.05, 3.63) is 59.8 Å². The highest BCUT2D eigenvalue weighted by atomic mass is 19.1. The van der Waals surface area contributed by atoms with Crippen LogP contribution >= 0.6 is 0 Å². The number of carbonyl (C=O) groups excluding carboxylic acids is 1. The summed E-state index contributed by atoms with van der Waals surface area (Å²) in [4.78, 5) is 12.1. The van der Waals surface area contributed by atoms with Crippen LogP contribution in [0.4, 0.5) is 25.8 Å². The molecule has 2 aliphatic rings. The Bertz CT molecular complexity index is 908. The van der Waals surface area contributed by atoms with Crippen molar-refractivity contribution >= 4 is 28.5 Å². The third-order valence-corrected chi connectivity index (χ3v) is 4.70. The number of nitrogens with one attached hydrogen (secondary N) is 3. The van der Waals surface area contributed by atoms with Gasteiger partial charge in [-0.1, -0.05) is 0 Å². The molecule has 0 aromatic heterocycles. The summed E-state index contributed by atoms with van der Waals surface area (Å²) in [6, 6.07) is 9.08. The molecule has 0 saturated carbocycles. The van der Waals surface area contributed by atoms with Crippen molar-refractivity contribution in [3.8, 4) is 0 Å². The fourth-order valence-corrected chi connectivity index (χ4v) is 3.25. The average molecular weight is 371 g/mol. The first-order valence-electron chi connectivity index (χ1n) is 8.82. The lowest BCUT2D eigenvalue weighted by atomic mass is 10.1. The number of benzene rings is 2. The van der Waals surface area contributed by atoms with Crippen molar-refractivity contribution in [2.24, 2.45) is 0 Å².